The fourth-order valence-electron chi connectivity index (χ4n) is 1.93. The zero-order valence-electron chi connectivity index (χ0n) is 10.9. The van der Waals surface area contributed by atoms with E-state index in [9.17, 15) is 4.79 Å². The standard InChI is InChI=1S/C12H18N4O3/c1-9-14-10(12(17)18)8-11(15-9)13-2-3-16-4-6-19-7-5-16/h8H,2-7H2,1H3,(H,17,18)(H,13,14,15). The fourth-order valence-corrected chi connectivity index (χ4v) is 1.93. The molecule has 0 aromatic carbocycles. The summed E-state index contributed by atoms with van der Waals surface area (Å²) in [6, 6.07) is 1.45. The van der Waals surface area contributed by atoms with Crippen LogP contribution in [0, 0.1) is 6.92 Å². The van der Waals surface area contributed by atoms with Crippen LogP contribution in [-0.4, -0.2) is 65.3 Å². The molecule has 2 N–H and O–H groups in total. The summed E-state index contributed by atoms with van der Waals surface area (Å²) in [4.78, 5) is 21.2. The van der Waals surface area contributed by atoms with Crippen LogP contribution in [0.2, 0.25) is 0 Å². The molecule has 0 atom stereocenters. The Morgan fingerprint density at radius 1 is 1.47 bits per heavy atom. The zero-order chi connectivity index (χ0) is 13.7. The maximum atomic E-state index is 10.9. The Balaban J connectivity index is 1.86. The second-order valence-electron chi connectivity index (χ2n) is 4.37. The highest BCUT2D eigenvalue weighted by Gasteiger charge is 2.11. The average Bonchev–Trinajstić information content (AvgIpc) is 2.39. The predicted molar refractivity (Wildman–Crippen MR) is 69.5 cm³/mol. The number of morpholine rings is 1. The molecular formula is C12H18N4O3. The third-order valence-electron chi connectivity index (χ3n) is 2.89. The molecule has 0 unspecified atom stereocenters. The third-order valence-corrected chi connectivity index (χ3v) is 2.89. The van der Waals surface area contributed by atoms with Crippen LogP contribution in [0.25, 0.3) is 0 Å². The van der Waals surface area contributed by atoms with Crippen LogP contribution in [0.4, 0.5) is 5.82 Å². The number of carboxylic acids is 1. The predicted octanol–water partition coefficient (Wildman–Crippen LogP) is 0.227. The Kier molecular flexibility index (Phi) is 4.64. The molecule has 104 valence electrons. The summed E-state index contributed by atoms with van der Waals surface area (Å²) < 4.78 is 5.27. The summed E-state index contributed by atoms with van der Waals surface area (Å²) >= 11 is 0. The first-order valence-electron chi connectivity index (χ1n) is 6.28. The normalized spacial score (nSPS) is 16.3. The van der Waals surface area contributed by atoms with Gasteiger partial charge in [-0.3, -0.25) is 4.90 Å². The Morgan fingerprint density at radius 2 is 2.21 bits per heavy atom. The molecule has 0 bridgehead atoms. The van der Waals surface area contributed by atoms with Crippen molar-refractivity contribution in [3.63, 3.8) is 0 Å². The summed E-state index contributed by atoms with van der Waals surface area (Å²) in [5.41, 5.74) is 0.0152. The van der Waals surface area contributed by atoms with E-state index in [1.807, 2.05) is 0 Å². The van der Waals surface area contributed by atoms with E-state index in [4.69, 9.17) is 9.84 Å². The van der Waals surface area contributed by atoms with Gasteiger partial charge in [-0.15, -0.1) is 0 Å². The minimum absolute atomic E-state index is 0.0152. The van der Waals surface area contributed by atoms with Crippen LogP contribution < -0.4 is 5.32 Å². The first-order chi connectivity index (χ1) is 9.15. The quantitative estimate of drug-likeness (QED) is 0.788. The van der Waals surface area contributed by atoms with Gasteiger partial charge >= 0.3 is 5.97 Å². The monoisotopic (exact) mass is 266 g/mol. The minimum atomic E-state index is -1.04. The number of carboxylic acid groups (broad SMARTS) is 1. The molecule has 0 aliphatic carbocycles. The molecule has 2 heterocycles. The number of anilines is 1. The summed E-state index contributed by atoms with van der Waals surface area (Å²) in [5.74, 6) is -0.0336. The van der Waals surface area contributed by atoms with Crippen LogP contribution >= 0.6 is 0 Å². The number of carbonyl (C=O) groups is 1. The lowest BCUT2D eigenvalue weighted by Gasteiger charge is -2.26. The van der Waals surface area contributed by atoms with E-state index >= 15 is 0 Å². The summed E-state index contributed by atoms with van der Waals surface area (Å²) in [6.45, 7) is 6.70. The lowest BCUT2D eigenvalue weighted by molar-refractivity contribution is 0.0398. The molecule has 1 fully saturated rings. The maximum Gasteiger partial charge on any atom is 0.354 e. The molecule has 0 saturated carbocycles. The third kappa shape index (κ3) is 4.15. The highest BCUT2D eigenvalue weighted by atomic mass is 16.5. The highest BCUT2D eigenvalue weighted by molar-refractivity contribution is 5.86. The van der Waals surface area contributed by atoms with E-state index < -0.39 is 5.97 Å². The molecular weight excluding hydrogens is 248 g/mol. The Bertz CT molecular complexity index is 447. The summed E-state index contributed by atoms with van der Waals surface area (Å²) in [6.07, 6.45) is 0. The van der Waals surface area contributed by atoms with Gasteiger partial charge in [0.1, 0.15) is 11.6 Å². The van der Waals surface area contributed by atoms with Crippen LogP contribution in [0.1, 0.15) is 16.3 Å². The van der Waals surface area contributed by atoms with Gasteiger partial charge in [-0.25, -0.2) is 14.8 Å². The number of aromatic nitrogens is 2. The Morgan fingerprint density at radius 3 is 2.89 bits per heavy atom. The summed E-state index contributed by atoms with van der Waals surface area (Å²) in [7, 11) is 0. The maximum absolute atomic E-state index is 10.9. The van der Waals surface area contributed by atoms with Crippen molar-refractivity contribution in [3.05, 3.63) is 17.6 Å². The average molecular weight is 266 g/mol. The highest BCUT2D eigenvalue weighted by Crippen LogP contribution is 2.06. The number of hydrogen-bond donors (Lipinski definition) is 2. The molecule has 1 aromatic heterocycles. The van der Waals surface area contributed by atoms with Crippen LogP contribution in [0.3, 0.4) is 0 Å². The van der Waals surface area contributed by atoms with E-state index in [2.05, 4.69) is 20.2 Å². The van der Waals surface area contributed by atoms with Gasteiger partial charge in [-0.1, -0.05) is 0 Å². The molecule has 1 saturated heterocycles. The zero-order valence-corrected chi connectivity index (χ0v) is 10.9. The van der Waals surface area contributed by atoms with E-state index in [-0.39, 0.29) is 5.69 Å². The van der Waals surface area contributed by atoms with Crippen molar-refractivity contribution >= 4 is 11.8 Å². The van der Waals surface area contributed by atoms with Crippen molar-refractivity contribution in [1.29, 1.82) is 0 Å². The largest absolute Gasteiger partial charge is 0.477 e. The smallest absolute Gasteiger partial charge is 0.354 e. The first kappa shape index (κ1) is 13.7. The first-order valence-corrected chi connectivity index (χ1v) is 6.28. The lowest BCUT2D eigenvalue weighted by Crippen LogP contribution is -2.39. The van der Waals surface area contributed by atoms with Crippen molar-refractivity contribution in [2.45, 2.75) is 6.92 Å². The van der Waals surface area contributed by atoms with Gasteiger partial charge in [0, 0.05) is 32.2 Å². The molecule has 2 rings (SSSR count). The summed E-state index contributed by atoms with van der Waals surface area (Å²) in [5, 5.41) is 12.1. The number of aryl methyl sites for hydroxylation is 1. The number of hydrogen-bond acceptors (Lipinski definition) is 6. The van der Waals surface area contributed by atoms with Crippen molar-refractivity contribution < 1.29 is 14.6 Å². The number of ether oxygens (including phenoxy) is 1. The van der Waals surface area contributed by atoms with Crippen LogP contribution in [-0.2, 0) is 4.74 Å². The molecule has 1 aliphatic rings. The van der Waals surface area contributed by atoms with Gasteiger partial charge in [0.2, 0.25) is 0 Å². The molecule has 1 aliphatic heterocycles. The number of rotatable bonds is 5. The molecule has 19 heavy (non-hydrogen) atoms. The van der Waals surface area contributed by atoms with E-state index in [0.717, 1.165) is 39.4 Å². The molecule has 7 nitrogen and oxygen atoms in total. The van der Waals surface area contributed by atoms with Crippen molar-refractivity contribution in [1.82, 2.24) is 14.9 Å². The topological polar surface area (TPSA) is 87.6 Å². The van der Waals surface area contributed by atoms with E-state index in [1.165, 1.54) is 6.07 Å². The van der Waals surface area contributed by atoms with Gasteiger partial charge in [0.05, 0.1) is 13.2 Å². The lowest BCUT2D eigenvalue weighted by atomic mass is 10.3. The second kappa shape index (κ2) is 6.44. The second-order valence-corrected chi connectivity index (χ2v) is 4.37. The van der Waals surface area contributed by atoms with Crippen LogP contribution in [0.15, 0.2) is 6.07 Å². The SMILES string of the molecule is Cc1nc(NCCN2CCOCC2)cc(C(=O)O)n1. The number of aromatic carboxylic acids is 1. The number of nitrogens with zero attached hydrogens (tertiary/aromatic N) is 3. The minimum Gasteiger partial charge on any atom is -0.477 e. The van der Waals surface area contributed by atoms with Gasteiger partial charge in [0.15, 0.2) is 5.69 Å². The molecule has 1 aromatic rings. The van der Waals surface area contributed by atoms with Crippen LogP contribution in [0.5, 0.6) is 0 Å². The Hall–Kier alpha value is -1.73. The van der Waals surface area contributed by atoms with Gasteiger partial charge < -0.3 is 15.2 Å². The van der Waals surface area contributed by atoms with Gasteiger partial charge in [0.25, 0.3) is 0 Å². The molecule has 0 radical (unpaired) electrons. The van der Waals surface area contributed by atoms with Crippen molar-refractivity contribution in [3.8, 4) is 0 Å². The van der Waals surface area contributed by atoms with Gasteiger partial charge in [-0.05, 0) is 6.92 Å². The van der Waals surface area contributed by atoms with Crippen molar-refractivity contribution in [2.75, 3.05) is 44.7 Å². The molecule has 0 amide bonds. The fraction of sp³-hybridized carbons (Fsp3) is 0.583. The molecule has 0 spiro atoms. The van der Waals surface area contributed by atoms with E-state index in [0.29, 0.717) is 11.6 Å². The van der Waals surface area contributed by atoms with Crippen molar-refractivity contribution in [2.24, 2.45) is 0 Å². The van der Waals surface area contributed by atoms with Gasteiger partial charge in [-0.2, -0.15) is 0 Å². The number of nitrogens with one attached hydrogen (secondary N) is 1. The Labute approximate surface area is 111 Å². The van der Waals surface area contributed by atoms with E-state index in [1.54, 1.807) is 6.92 Å². The molecule has 7 heteroatoms.